The first-order valence-corrected chi connectivity index (χ1v) is 7.73. The quantitative estimate of drug-likeness (QED) is 0.887. The van der Waals surface area contributed by atoms with Gasteiger partial charge in [-0.1, -0.05) is 30.3 Å². The molecule has 0 bridgehead atoms. The van der Waals surface area contributed by atoms with Crippen molar-refractivity contribution in [3.63, 3.8) is 0 Å². The Balaban J connectivity index is 1.56. The van der Waals surface area contributed by atoms with E-state index in [9.17, 15) is 4.79 Å². The summed E-state index contributed by atoms with van der Waals surface area (Å²) in [6, 6.07) is 17.3. The number of carbonyl (C=O) groups excluding carboxylic acids is 1. The van der Waals surface area contributed by atoms with Crippen molar-refractivity contribution in [3.05, 3.63) is 60.2 Å². The summed E-state index contributed by atoms with van der Waals surface area (Å²) in [6.45, 7) is 2.37. The molecule has 0 aliphatic carbocycles. The maximum atomic E-state index is 12.0. The Labute approximate surface area is 135 Å². The molecule has 3 rings (SSSR count). The molecule has 2 aromatic carbocycles. The van der Waals surface area contributed by atoms with Crippen molar-refractivity contribution < 1.29 is 14.3 Å². The molecule has 0 aromatic heterocycles. The van der Waals surface area contributed by atoms with Crippen LogP contribution in [0.4, 0.5) is 0 Å². The lowest BCUT2D eigenvalue weighted by molar-refractivity contribution is -0.134. The van der Waals surface area contributed by atoms with Crippen LogP contribution in [0.1, 0.15) is 5.56 Å². The number of rotatable bonds is 5. The minimum Gasteiger partial charge on any atom is -0.457 e. The summed E-state index contributed by atoms with van der Waals surface area (Å²) in [5.74, 6) is 1.44. The number of para-hydroxylation sites is 1. The van der Waals surface area contributed by atoms with Crippen molar-refractivity contribution >= 4 is 5.91 Å². The van der Waals surface area contributed by atoms with Crippen LogP contribution in [0.5, 0.6) is 11.5 Å². The van der Waals surface area contributed by atoms with Gasteiger partial charge in [-0.15, -0.1) is 0 Å². The monoisotopic (exact) mass is 312 g/mol. The molecule has 1 amide bonds. The summed E-state index contributed by atoms with van der Waals surface area (Å²) in [7, 11) is 0. The van der Waals surface area contributed by atoms with E-state index in [2.05, 4.69) is 10.6 Å². The van der Waals surface area contributed by atoms with Crippen LogP contribution >= 0.6 is 0 Å². The van der Waals surface area contributed by atoms with Gasteiger partial charge in [0.05, 0.1) is 6.61 Å². The Kier molecular flexibility index (Phi) is 5.24. The number of benzene rings is 2. The van der Waals surface area contributed by atoms with Gasteiger partial charge in [0.15, 0.2) is 0 Å². The second-order valence-electron chi connectivity index (χ2n) is 5.34. The number of amides is 1. The van der Waals surface area contributed by atoms with E-state index in [1.807, 2.05) is 54.6 Å². The Morgan fingerprint density at radius 3 is 2.78 bits per heavy atom. The van der Waals surface area contributed by atoms with E-state index in [-0.39, 0.29) is 5.91 Å². The Hall–Kier alpha value is -2.37. The van der Waals surface area contributed by atoms with Crippen molar-refractivity contribution in [1.82, 2.24) is 10.6 Å². The van der Waals surface area contributed by atoms with Gasteiger partial charge in [0, 0.05) is 19.6 Å². The Morgan fingerprint density at radius 2 is 2.00 bits per heavy atom. The molecular formula is C18H20N2O3. The van der Waals surface area contributed by atoms with E-state index in [0.717, 1.165) is 23.6 Å². The fraction of sp³-hybridized carbons (Fsp3) is 0.278. The summed E-state index contributed by atoms with van der Waals surface area (Å²) >= 11 is 0. The smallest absolute Gasteiger partial charge is 0.250 e. The highest BCUT2D eigenvalue weighted by molar-refractivity contribution is 5.81. The molecule has 5 heteroatoms. The number of hydrogen-bond acceptors (Lipinski definition) is 4. The first-order valence-electron chi connectivity index (χ1n) is 7.73. The van der Waals surface area contributed by atoms with Gasteiger partial charge in [-0.3, -0.25) is 4.79 Å². The lowest BCUT2D eigenvalue weighted by Crippen LogP contribution is -2.47. The molecule has 1 unspecified atom stereocenters. The molecular weight excluding hydrogens is 292 g/mol. The van der Waals surface area contributed by atoms with Crippen LogP contribution in [-0.2, 0) is 16.1 Å². The average molecular weight is 312 g/mol. The fourth-order valence-corrected chi connectivity index (χ4v) is 2.38. The van der Waals surface area contributed by atoms with Crippen molar-refractivity contribution in [1.29, 1.82) is 0 Å². The first kappa shape index (κ1) is 15.5. The second-order valence-corrected chi connectivity index (χ2v) is 5.34. The highest BCUT2D eigenvalue weighted by atomic mass is 16.5. The zero-order valence-corrected chi connectivity index (χ0v) is 12.8. The van der Waals surface area contributed by atoms with Gasteiger partial charge in [0.2, 0.25) is 0 Å². The van der Waals surface area contributed by atoms with E-state index in [0.29, 0.717) is 19.7 Å². The molecule has 23 heavy (non-hydrogen) atoms. The maximum absolute atomic E-state index is 12.0. The van der Waals surface area contributed by atoms with Gasteiger partial charge in [-0.05, 0) is 29.8 Å². The second kappa shape index (κ2) is 7.76. The molecule has 0 spiro atoms. The number of morpholine rings is 1. The van der Waals surface area contributed by atoms with Gasteiger partial charge in [0.1, 0.15) is 17.6 Å². The van der Waals surface area contributed by atoms with Crippen molar-refractivity contribution in [2.45, 2.75) is 12.6 Å². The normalized spacial score (nSPS) is 17.5. The molecule has 5 nitrogen and oxygen atoms in total. The van der Waals surface area contributed by atoms with Crippen molar-refractivity contribution in [2.75, 3.05) is 19.7 Å². The predicted octanol–water partition coefficient (Wildman–Crippen LogP) is 2.08. The molecule has 1 fully saturated rings. The molecule has 0 saturated carbocycles. The zero-order chi connectivity index (χ0) is 15.9. The van der Waals surface area contributed by atoms with Gasteiger partial charge in [-0.25, -0.2) is 0 Å². The van der Waals surface area contributed by atoms with E-state index in [1.54, 1.807) is 0 Å². The fourth-order valence-electron chi connectivity index (χ4n) is 2.38. The maximum Gasteiger partial charge on any atom is 0.250 e. The predicted molar refractivity (Wildman–Crippen MR) is 87.4 cm³/mol. The average Bonchev–Trinajstić information content (AvgIpc) is 2.62. The van der Waals surface area contributed by atoms with Crippen LogP contribution in [0.3, 0.4) is 0 Å². The Bertz CT molecular complexity index is 640. The lowest BCUT2D eigenvalue weighted by atomic mass is 10.2. The molecule has 1 saturated heterocycles. The largest absolute Gasteiger partial charge is 0.457 e. The Morgan fingerprint density at radius 1 is 1.17 bits per heavy atom. The molecule has 1 atom stereocenters. The molecule has 1 aliphatic rings. The summed E-state index contributed by atoms with van der Waals surface area (Å²) in [6.07, 6.45) is -0.410. The van der Waals surface area contributed by atoms with Gasteiger partial charge in [0.25, 0.3) is 5.91 Å². The molecule has 120 valence electrons. The van der Waals surface area contributed by atoms with Crippen LogP contribution < -0.4 is 15.4 Å². The summed E-state index contributed by atoms with van der Waals surface area (Å²) < 4.78 is 11.2. The number of ether oxygens (including phenoxy) is 2. The van der Waals surface area contributed by atoms with Crippen LogP contribution in [-0.4, -0.2) is 31.7 Å². The molecule has 0 radical (unpaired) electrons. The van der Waals surface area contributed by atoms with E-state index >= 15 is 0 Å². The molecule has 1 heterocycles. The third-order valence-electron chi connectivity index (χ3n) is 3.56. The van der Waals surface area contributed by atoms with Crippen LogP contribution in [0.25, 0.3) is 0 Å². The number of hydrogen-bond donors (Lipinski definition) is 2. The summed E-state index contributed by atoms with van der Waals surface area (Å²) in [5, 5.41) is 6.04. The summed E-state index contributed by atoms with van der Waals surface area (Å²) in [4.78, 5) is 12.0. The van der Waals surface area contributed by atoms with E-state index in [1.165, 1.54) is 0 Å². The van der Waals surface area contributed by atoms with Gasteiger partial charge >= 0.3 is 0 Å². The zero-order valence-electron chi connectivity index (χ0n) is 12.8. The molecule has 1 aliphatic heterocycles. The minimum atomic E-state index is -0.410. The van der Waals surface area contributed by atoms with E-state index < -0.39 is 6.10 Å². The minimum absolute atomic E-state index is 0.0911. The first-order chi connectivity index (χ1) is 11.3. The van der Waals surface area contributed by atoms with Crippen LogP contribution in [0, 0.1) is 0 Å². The lowest BCUT2D eigenvalue weighted by Gasteiger charge is -2.22. The van der Waals surface area contributed by atoms with Gasteiger partial charge in [-0.2, -0.15) is 0 Å². The van der Waals surface area contributed by atoms with Gasteiger partial charge < -0.3 is 20.1 Å². The third kappa shape index (κ3) is 4.55. The molecule has 2 aromatic rings. The van der Waals surface area contributed by atoms with Crippen molar-refractivity contribution in [2.24, 2.45) is 0 Å². The highest BCUT2D eigenvalue weighted by Gasteiger charge is 2.21. The number of carbonyl (C=O) groups is 1. The van der Waals surface area contributed by atoms with Crippen LogP contribution in [0.15, 0.2) is 54.6 Å². The van der Waals surface area contributed by atoms with E-state index in [4.69, 9.17) is 9.47 Å². The number of nitrogens with one attached hydrogen (secondary N) is 2. The van der Waals surface area contributed by atoms with Crippen molar-refractivity contribution in [3.8, 4) is 11.5 Å². The summed E-state index contributed by atoms with van der Waals surface area (Å²) in [5.41, 5.74) is 0.982. The SMILES string of the molecule is O=C(NCc1cccc(Oc2ccccc2)c1)C1CNCCO1. The third-order valence-corrected chi connectivity index (χ3v) is 3.56. The standard InChI is InChI=1S/C18H20N2O3/c21-18(17-13-19-9-10-22-17)20-12-14-5-4-8-16(11-14)23-15-6-2-1-3-7-15/h1-8,11,17,19H,9-10,12-13H2,(H,20,21). The topological polar surface area (TPSA) is 59.6 Å². The molecule has 2 N–H and O–H groups in total. The van der Waals surface area contributed by atoms with Crippen LogP contribution in [0.2, 0.25) is 0 Å². The highest BCUT2D eigenvalue weighted by Crippen LogP contribution is 2.21.